The Morgan fingerprint density at radius 1 is 1.00 bits per heavy atom. The SMILES string of the molecule is CS(=O)(=O)N(C(=O)C1=CCc2ccccc21)c1ccccc1. The van der Waals surface area contributed by atoms with Gasteiger partial charge in [0.1, 0.15) is 0 Å². The molecule has 0 heterocycles. The van der Waals surface area contributed by atoms with E-state index in [9.17, 15) is 13.2 Å². The van der Waals surface area contributed by atoms with E-state index in [4.69, 9.17) is 0 Å². The molecule has 0 spiro atoms. The molecule has 3 rings (SSSR count). The van der Waals surface area contributed by atoms with E-state index >= 15 is 0 Å². The molecule has 4 nitrogen and oxygen atoms in total. The molecule has 0 saturated carbocycles. The summed E-state index contributed by atoms with van der Waals surface area (Å²) >= 11 is 0. The maximum atomic E-state index is 12.8. The maximum Gasteiger partial charge on any atom is 0.272 e. The molecule has 22 heavy (non-hydrogen) atoms. The average Bonchev–Trinajstić information content (AvgIpc) is 2.91. The first-order chi connectivity index (χ1) is 10.5. The minimum atomic E-state index is -3.71. The summed E-state index contributed by atoms with van der Waals surface area (Å²) < 4.78 is 25.1. The van der Waals surface area contributed by atoms with Gasteiger partial charge in [0.25, 0.3) is 5.91 Å². The number of carbonyl (C=O) groups excluding carboxylic acids is 1. The van der Waals surface area contributed by atoms with E-state index < -0.39 is 15.9 Å². The maximum absolute atomic E-state index is 12.8. The molecule has 0 unspecified atom stereocenters. The molecule has 0 fully saturated rings. The molecule has 1 amide bonds. The van der Waals surface area contributed by atoms with Crippen molar-refractivity contribution in [1.82, 2.24) is 0 Å². The third-order valence-corrected chi connectivity index (χ3v) is 4.61. The van der Waals surface area contributed by atoms with Gasteiger partial charge >= 0.3 is 0 Å². The predicted octanol–water partition coefficient (Wildman–Crippen LogP) is 2.62. The van der Waals surface area contributed by atoms with Crippen LogP contribution in [0.5, 0.6) is 0 Å². The van der Waals surface area contributed by atoms with Crippen LogP contribution in [0.15, 0.2) is 60.7 Å². The van der Waals surface area contributed by atoms with E-state index in [1.807, 2.05) is 24.3 Å². The van der Waals surface area contributed by atoms with Crippen LogP contribution < -0.4 is 4.31 Å². The van der Waals surface area contributed by atoms with E-state index in [1.165, 1.54) is 0 Å². The smallest absolute Gasteiger partial charge is 0.268 e. The lowest BCUT2D eigenvalue weighted by molar-refractivity contribution is -0.112. The first-order valence-electron chi connectivity index (χ1n) is 6.86. The van der Waals surface area contributed by atoms with Gasteiger partial charge in [0.2, 0.25) is 10.0 Å². The Labute approximate surface area is 129 Å². The molecule has 5 heteroatoms. The molecule has 0 bridgehead atoms. The number of nitrogens with zero attached hydrogens (tertiary/aromatic N) is 1. The van der Waals surface area contributed by atoms with E-state index in [2.05, 4.69) is 0 Å². The average molecular weight is 313 g/mol. The van der Waals surface area contributed by atoms with Crippen LogP contribution in [0.4, 0.5) is 5.69 Å². The van der Waals surface area contributed by atoms with Crippen molar-refractivity contribution in [1.29, 1.82) is 0 Å². The largest absolute Gasteiger partial charge is 0.272 e. The first-order valence-corrected chi connectivity index (χ1v) is 8.71. The molecule has 0 saturated heterocycles. The Morgan fingerprint density at radius 2 is 1.64 bits per heavy atom. The van der Waals surface area contributed by atoms with Crippen LogP contribution in [0.1, 0.15) is 11.1 Å². The quantitative estimate of drug-likeness (QED) is 0.875. The lowest BCUT2D eigenvalue weighted by Crippen LogP contribution is -2.36. The number of benzene rings is 2. The van der Waals surface area contributed by atoms with Crippen LogP contribution in [-0.2, 0) is 21.2 Å². The summed E-state index contributed by atoms with van der Waals surface area (Å²) in [6.45, 7) is 0. The minimum Gasteiger partial charge on any atom is -0.268 e. The molecule has 0 aromatic heterocycles. The highest BCUT2D eigenvalue weighted by Crippen LogP contribution is 2.31. The van der Waals surface area contributed by atoms with Gasteiger partial charge < -0.3 is 0 Å². The Bertz CT molecular complexity index is 854. The number of amides is 1. The molecule has 0 radical (unpaired) electrons. The molecule has 0 N–H and O–H groups in total. The van der Waals surface area contributed by atoms with Gasteiger partial charge in [-0.1, -0.05) is 48.5 Å². The number of carbonyl (C=O) groups is 1. The molecule has 1 aliphatic carbocycles. The van der Waals surface area contributed by atoms with Gasteiger partial charge in [0.15, 0.2) is 0 Å². The second-order valence-electron chi connectivity index (χ2n) is 5.15. The van der Waals surface area contributed by atoms with Crippen LogP contribution in [0.25, 0.3) is 5.57 Å². The highest BCUT2D eigenvalue weighted by molar-refractivity contribution is 7.92. The number of hydrogen-bond acceptors (Lipinski definition) is 3. The van der Waals surface area contributed by atoms with E-state index in [1.54, 1.807) is 36.4 Å². The second kappa shape index (κ2) is 5.42. The van der Waals surface area contributed by atoms with Crippen LogP contribution >= 0.6 is 0 Å². The summed E-state index contributed by atoms with van der Waals surface area (Å²) in [6.07, 6.45) is 3.47. The van der Waals surface area contributed by atoms with Crippen LogP contribution in [-0.4, -0.2) is 20.6 Å². The topological polar surface area (TPSA) is 54.5 Å². The predicted molar refractivity (Wildman–Crippen MR) is 86.9 cm³/mol. The van der Waals surface area contributed by atoms with Gasteiger partial charge in [-0.15, -0.1) is 0 Å². The van der Waals surface area contributed by atoms with Crippen molar-refractivity contribution < 1.29 is 13.2 Å². The van der Waals surface area contributed by atoms with Gasteiger partial charge in [-0.2, -0.15) is 0 Å². The zero-order chi connectivity index (χ0) is 15.7. The van der Waals surface area contributed by atoms with E-state index in [-0.39, 0.29) is 0 Å². The zero-order valence-corrected chi connectivity index (χ0v) is 12.9. The molecule has 2 aromatic rings. The molecular formula is C17H15NO3S. The van der Waals surface area contributed by atoms with Gasteiger partial charge in [0, 0.05) is 5.57 Å². The van der Waals surface area contributed by atoms with Crippen molar-refractivity contribution in [3.05, 3.63) is 71.8 Å². The summed E-state index contributed by atoms with van der Waals surface area (Å²) in [4.78, 5) is 12.8. The summed E-state index contributed by atoms with van der Waals surface area (Å²) in [5.74, 6) is -0.515. The molecular weight excluding hydrogens is 298 g/mol. The Kier molecular flexibility index (Phi) is 3.58. The standard InChI is InChI=1S/C17H15NO3S/c1-22(20,21)18(14-8-3-2-4-9-14)17(19)16-12-11-13-7-5-6-10-15(13)16/h2-10,12H,11H2,1H3. The third kappa shape index (κ3) is 2.55. The number of allylic oxidation sites excluding steroid dienone is 1. The monoisotopic (exact) mass is 313 g/mol. The van der Waals surface area contributed by atoms with Crippen LogP contribution in [0.2, 0.25) is 0 Å². The molecule has 0 atom stereocenters. The van der Waals surface area contributed by atoms with Crippen LogP contribution in [0, 0.1) is 0 Å². The highest BCUT2D eigenvalue weighted by Gasteiger charge is 2.30. The fraction of sp³-hybridized carbons (Fsp3) is 0.118. The van der Waals surface area contributed by atoms with Crippen LogP contribution in [0.3, 0.4) is 0 Å². The first kappa shape index (κ1) is 14.5. The number of anilines is 1. The van der Waals surface area contributed by atoms with Crippen molar-refractivity contribution in [2.45, 2.75) is 6.42 Å². The number of fused-ring (bicyclic) bond motifs is 1. The zero-order valence-electron chi connectivity index (χ0n) is 12.1. The fourth-order valence-electron chi connectivity index (χ4n) is 2.62. The van der Waals surface area contributed by atoms with Crippen molar-refractivity contribution in [3.8, 4) is 0 Å². The Balaban J connectivity index is 2.06. The van der Waals surface area contributed by atoms with Crippen molar-refractivity contribution in [2.24, 2.45) is 0 Å². The molecule has 2 aromatic carbocycles. The van der Waals surface area contributed by atoms with Crippen molar-refractivity contribution in [3.63, 3.8) is 0 Å². The fourth-order valence-corrected chi connectivity index (χ4v) is 3.52. The molecule has 0 aliphatic heterocycles. The summed E-state index contributed by atoms with van der Waals surface area (Å²) in [6, 6.07) is 16.0. The van der Waals surface area contributed by atoms with Gasteiger partial charge in [0.05, 0.1) is 11.9 Å². The number of para-hydroxylation sites is 1. The van der Waals surface area contributed by atoms with Crippen molar-refractivity contribution >= 4 is 27.2 Å². The van der Waals surface area contributed by atoms with Gasteiger partial charge in [-0.3, -0.25) is 4.79 Å². The van der Waals surface area contributed by atoms with Gasteiger partial charge in [-0.05, 0) is 29.7 Å². The Morgan fingerprint density at radius 3 is 2.32 bits per heavy atom. The molecule has 112 valence electrons. The number of rotatable bonds is 3. The number of sulfonamides is 1. The van der Waals surface area contributed by atoms with E-state index in [0.717, 1.165) is 21.7 Å². The summed E-state index contributed by atoms with van der Waals surface area (Å²) in [5.41, 5.74) is 2.62. The molecule has 1 aliphatic rings. The summed E-state index contributed by atoms with van der Waals surface area (Å²) in [5, 5.41) is 0. The van der Waals surface area contributed by atoms with Gasteiger partial charge in [-0.25, -0.2) is 12.7 Å². The third-order valence-electron chi connectivity index (χ3n) is 3.57. The van der Waals surface area contributed by atoms with E-state index in [0.29, 0.717) is 17.7 Å². The minimum absolute atomic E-state index is 0.347. The number of hydrogen-bond donors (Lipinski definition) is 0. The second-order valence-corrected chi connectivity index (χ2v) is 6.98. The summed E-state index contributed by atoms with van der Waals surface area (Å²) in [7, 11) is -3.71. The highest BCUT2D eigenvalue weighted by atomic mass is 32.2. The normalized spacial score (nSPS) is 13.4. The van der Waals surface area contributed by atoms with Crippen molar-refractivity contribution in [2.75, 3.05) is 10.6 Å². The Hall–Kier alpha value is -2.40. The lowest BCUT2D eigenvalue weighted by Gasteiger charge is -2.21. The lowest BCUT2D eigenvalue weighted by atomic mass is 10.1.